The summed E-state index contributed by atoms with van der Waals surface area (Å²) in [7, 11) is 1.73. The van der Waals surface area contributed by atoms with Gasteiger partial charge in [-0.3, -0.25) is 4.57 Å². The second-order valence-electron chi connectivity index (χ2n) is 12.0. The summed E-state index contributed by atoms with van der Waals surface area (Å²) in [6.45, 7) is 5.71. The van der Waals surface area contributed by atoms with E-state index < -0.39 is 21.3 Å². The largest absolute Gasteiger partial charge is 0.495 e. The number of imidazole rings is 1. The highest BCUT2D eigenvalue weighted by Gasteiger charge is 2.38. The zero-order chi connectivity index (χ0) is 32.7. The summed E-state index contributed by atoms with van der Waals surface area (Å²) in [5.41, 5.74) is 1.91. The molecular formula is C32H35Cl2F2N4O3S2+. The lowest BCUT2D eigenvalue weighted by atomic mass is 9.81. The summed E-state index contributed by atoms with van der Waals surface area (Å²) in [5, 5.41) is 1.02. The highest BCUT2D eigenvalue weighted by molar-refractivity contribution is 7.98. The standard InChI is InChI=1S/C32H34Cl2F2N4O3S2/c1-32(2,21-6-11-26(33)29(12-21)43-5)30-15-37-31(40(30)23-9-7-22(35)8-10-23)44-19-25-27(34)13-24(14-28(25)36)45(41,42)39-17-20(18-39)16-38(3)4/h6-15,20H,16-19H2,1-5H3/p+1. The maximum atomic E-state index is 15.5. The molecule has 0 saturated carbocycles. The van der Waals surface area contributed by atoms with Gasteiger partial charge < -0.3 is 9.64 Å². The van der Waals surface area contributed by atoms with Gasteiger partial charge in [-0.2, -0.15) is 4.31 Å². The van der Waals surface area contributed by atoms with E-state index in [1.54, 1.807) is 31.5 Å². The van der Waals surface area contributed by atoms with Crippen LogP contribution >= 0.6 is 35.0 Å². The van der Waals surface area contributed by atoms with Crippen molar-refractivity contribution in [2.24, 2.45) is 5.92 Å². The molecule has 1 fully saturated rings. The van der Waals surface area contributed by atoms with Gasteiger partial charge in [0.15, 0.2) is 5.16 Å². The van der Waals surface area contributed by atoms with Gasteiger partial charge in [0.05, 0.1) is 49.6 Å². The third kappa shape index (κ3) is 6.89. The van der Waals surface area contributed by atoms with Crippen molar-refractivity contribution in [2.45, 2.75) is 35.1 Å². The number of methoxy groups -OCH3 is 1. The summed E-state index contributed by atoms with van der Waals surface area (Å²) in [5.74, 6) is -0.217. The molecule has 0 unspecified atom stereocenters. The Morgan fingerprint density at radius 1 is 1.04 bits per heavy atom. The van der Waals surface area contributed by atoms with Crippen molar-refractivity contribution in [3.8, 4) is 11.4 Å². The van der Waals surface area contributed by atoms with Crippen molar-refractivity contribution >= 4 is 45.0 Å². The SMILES string of the molecule is COc1cc(C(C)(C)c2cnc(SCc3c(F)cc(S(=O)(=O)N4CC(C[NH+](C)C)C4)cc3Cl)n2-c2ccc(F)cc2)ccc1Cl. The molecule has 0 radical (unpaired) electrons. The number of nitrogens with one attached hydrogen (secondary N) is 1. The maximum absolute atomic E-state index is 15.5. The van der Waals surface area contributed by atoms with Crippen molar-refractivity contribution in [1.82, 2.24) is 13.9 Å². The molecule has 45 heavy (non-hydrogen) atoms. The van der Waals surface area contributed by atoms with Gasteiger partial charge in [-0.1, -0.05) is 54.9 Å². The van der Waals surface area contributed by atoms with E-state index >= 15 is 4.39 Å². The van der Waals surface area contributed by atoms with Crippen LogP contribution in [0, 0.1) is 17.6 Å². The van der Waals surface area contributed by atoms with E-state index in [-0.39, 0.29) is 33.0 Å². The number of rotatable bonds is 11. The van der Waals surface area contributed by atoms with Gasteiger partial charge in [0.1, 0.15) is 17.4 Å². The highest BCUT2D eigenvalue weighted by atomic mass is 35.5. The van der Waals surface area contributed by atoms with E-state index in [9.17, 15) is 12.8 Å². The van der Waals surface area contributed by atoms with Crippen molar-refractivity contribution in [1.29, 1.82) is 0 Å². The number of nitrogens with zero attached hydrogens (tertiary/aromatic N) is 3. The molecule has 1 aliphatic heterocycles. The molecule has 0 aliphatic carbocycles. The van der Waals surface area contributed by atoms with Gasteiger partial charge in [-0.15, -0.1) is 0 Å². The lowest BCUT2D eigenvalue weighted by Crippen LogP contribution is -3.07. The molecule has 1 aliphatic rings. The number of hydrogen-bond donors (Lipinski definition) is 1. The number of sulfonamides is 1. The van der Waals surface area contributed by atoms with Gasteiger partial charge in [-0.25, -0.2) is 22.2 Å². The molecule has 0 spiro atoms. The number of hydrogen-bond acceptors (Lipinski definition) is 5. The van der Waals surface area contributed by atoms with Crippen LogP contribution in [0.25, 0.3) is 5.69 Å². The van der Waals surface area contributed by atoms with Crippen LogP contribution in [0.3, 0.4) is 0 Å². The summed E-state index contributed by atoms with van der Waals surface area (Å²) in [6, 6.07) is 13.9. The molecule has 5 rings (SSSR count). The fourth-order valence-corrected chi connectivity index (χ4v) is 8.76. The van der Waals surface area contributed by atoms with Crippen LogP contribution in [0.15, 0.2) is 70.8 Å². The van der Waals surface area contributed by atoms with Crippen LogP contribution in [0.4, 0.5) is 8.78 Å². The second kappa shape index (κ2) is 13.2. The fraction of sp³-hybridized carbons (Fsp3) is 0.344. The second-order valence-corrected chi connectivity index (χ2v) is 15.7. The Morgan fingerprint density at radius 3 is 2.36 bits per heavy atom. The zero-order valence-corrected chi connectivity index (χ0v) is 28.7. The van der Waals surface area contributed by atoms with Gasteiger partial charge in [-0.05, 0) is 54.1 Å². The molecule has 3 aromatic carbocycles. The van der Waals surface area contributed by atoms with Gasteiger partial charge in [0.25, 0.3) is 0 Å². The van der Waals surface area contributed by atoms with Crippen LogP contribution in [-0.2, 0) is 21.2 Å². The van der Waals surface area contributed by atoms with Crippen LogP contribution < -0.4 is 9.64 Å². The predicted molar refractivity (Wildman–Crippen MR) is 175 cm³/mol. The normalized spacial score (nSPS) is 14.6. The van der Waals surface area contributed by atoms with Crippen LogP contribution in [0.2, 0.25) is 10.0 Å². The quantitative estimate of drug-likeness (QED) is 0.200. The Kier molecular flexibility index (Phi) is 9.89. The lowest BCUT2D eigenvalue weighted by Gasteiger charge is -2.38. The van der Waals surface area contributed by atoms with E-state index in [4.69, 9.17) is 27.9 Å². The molecule has 0 atom stereocenters. The number of halogens is 4. The van der Waals surface area contributed by atoms with Crippen molar-refractivity contribution in [3.63, 3.8) is 0 Å². The molecule has 1 aromatic heterocycles. The van der Waals surface area contributed by atoms with Crippen molar-refractivity contribution in [3.05, 3.63) is 99.3 Å². The topological polar surface area (TPSA) is 68.9 Å². The molecule has 7 nitrogen and oxygen atoms in total. The van der Waals surface area contributed by atoms with E-state index in [1.165, 1.54) is 39.2 Å². The van der Waals surface area contributed by atoms with Crippen molar-refractivity contribution < 1.29 is 26.8 Å². The average molecular weight is 697 g/mol. The van der Waals surface area contributed by atoms with E-state index in [1.807, 2.05) is 44.6 Å². The van der Waals surface area contributed by atoms with E-state index in [0.717, 1.165) is 23.9 Å². The maximum Gasteiger partial charge on any atom is 0.243 e. The van der Waals surface area contributed by atoms with Crippen molar-refractivity contribution in [2.75, 3.05) is 40.8 Å². The van der Waals surface area contributed by atoms with Gasteiger partial charge >= 0.3 is 0 Å². The number of aromatic nitrogens is 2. The Hall–Kier alpha value is -2.67. The Morgan fingerprint density at radius 2 is 1.73 bits per heavy atom. The highest BCUT2D eigenvalue weighted by Crippen LogP contribution is 2.40. The molecule has 240 valence electrons. The monoisotopic (exact) mass is 695 g/mol. The molecule has 2 heterocycles. The molecule has 0 amide bonds. The van der Waals surface area contributed by atoms with Crippen LogP contribution in [-0.4, -0.2) is 63.1 Å². The smallest absolute Gasteiger partial charge is 0.243 e. The third-order valence-electron chi connectivity index (χ3n) is 8.05. The van der Waals surface area contributed by atoms with Crippen LogP contribution in [0.1, 0.15) is 30.7 Å². The summed E-state index contributed by atoms with van der Waals surface area (Å²) >= 11 is 14.0. The Bertz CT molecular complexity index is 1790. The first kappa shape index (κ1) is 33.7. The minimum atomic E-state index is -3.86. The van der Waals surface area contributed by atoms with Gasteiger partial charge in [0.2, 0.25) is 10.0 Å². The first-order valence-corrected chi connectivity index (χ1v) is 17.5. The molecule has 13 heteroatoms. The molecular weight excluding hydrogens is 661 g/mol. The summed E-state index contributed by atoms with van der Waals surface area (Å²) in [6.07, 6.45) is 1.73. The third-order valence-corrected chi connectivity index (χ3v) is 11.5. The Labute approximate surface area is 277 Å². The van der Waals surface area contributed by atoms with E-state index in [2.05, 4.69) is 4.98 Å². The first-order valence-electron chi connectivity index (χ1n) is 14.3. The van der Waals surface area contributed by atoms with Gasteiger partial charge in [0, 0.05) is 46.4 Å². The van der Waals surface area contributed by atoms with E-state index in [0.29, 0.717) is 34.7 Å². The molecule has 1 N–H and O–H groups in total. The molecule has 1 saturated heterocycles. The number of ether oxygens (including phenoxy) is 1. The number of thioether (sulfide) groups is 1. The fourth-order valence-electron chi connectivity index (χ4n) is 5.49. The number of benzene rings is 3. The zero-order valence-electron chi connectivity index (χ0n) is 25.6. The summed E-state index contributed by atoms with van der Waals surface area (Å²) in [4.78, 5) is 5.75. The lowest BCUT2D eigenvalue weighted by molar-refractivity contribution is -0.862. The first-order chi connectivity index (χ1) is 21.2. The molecule has 0 bridgehead atoms. The Balaban J connectivity index is 1.44. The molecule has 4 aromatic rings. The average Bonchev–Trinajstić information content (AvgIpc) is 3.39. The number of quaternary nitrogens is 1. The minimum Gasteiger partial charge on any atom is -0.495 e. The van der Waals surface area contributed by atoms with Crippen LogP contribution in [0.5, 0.6) is 5.75 Å². The predicted octanol–water partition coefficient (Wildman–Crippen LogP) is 5.85. The summed E-state index contributed by atoms with van der Waals surface area (Å²) < 4.78 is 64.4. The minimum absolute atomic E-state index is 0.0181.